The zero-order valence-electron chi connectivity index (χ0n) is 8.40. The van der Waals surface area contributed by atoms with Gasteiger partial charge >= 0.3 is 0 Å². The van der Waals surface area contributed by atoms with E-state index in [1.54, 1.807) is 0 Å². The van der Waals surface area contributed by atoms with Gasteiger partial charge in [0.1, 0.15) is 5.82 Å². The van der Waals surface area contributed by atoms with Gasteiger partial charge in [0.25, 0.3) is 0 Å². The molecule has 1 aromatic rings. The number of fused-ring (bicyclic) bond motifs is 1. The van der Waals surface area contributed by atoms with Gasteiger partial charge in [-0.15, -0.1) is 0 Å². The number of aryl methyl sites for hydroxylation is 1. The van der Waals surface area contributed by atoms with Crippen molar-refractivity contribution in [2.24, 2.45) is 18.9 Å². The Bertz CT molecular complexity index is 319. The van der Waals surface area contributed by atoms with Crippen molar-refractivity contribution in [1.82, 2.24) is 15.1 Å². The molecular formula is C10H16N4. The Morgan fingerprint density at radius 3 is 3.21 bits per heavy atom. The van der Waals surface area contributed by atoms with Crippen molar-refractivity contribution >= 4 is 5.82 Å². The first-order valence-electron chi connectivity index (χ1n) is 5.30. The number of aromatic nitrogens is 2. The molecular weight excluding hydrogens is 176 g/mol. The summed E-state index contributed by atoms with van der Waals surface area (Å²) in [6.07, 6.45) is 3.22. The molecule has 1 saturated carbocycles. The molecule has 3 fully saturated rings. The van der Waals surface area contributed by atoms with E-state index in [2.05, 4.69) is 15.7 Å². The van der Waals surface area contributed by atoms with Crippen molar-refractivity contribution < 1.29 is 0 Å². The smallest absolute Gasteiger partial charge is 0.123 e. The normalized spacial score (nSPS) is 34.2. The van der Waals surface area contributed by atoms with Crippen LogP contribution in [0.15, 0.2) is 12.3 Å². The van der Waals surface area contributed by atoms with Gasteiger partial charge < -0.3 is 10.6 Å². The van der Waals surface area contributed by atoms with Crippen LogP contribution in [0.4, 0.5) is 5.82 Å². The number of hydrogen-bond donors (Lipinski definition) is 2. The standard InChI is InChI=1S/C10H16N4/c1-14-10(2-3-13-14)12-6-8-7-4-9(8)11-5-7/h2-3,7-9,11-12H,4-6H2,1H3. The van der Waals surface area contributed by atoms with Crippen molar-refractivity contribution in [2.45, 2.75) is 12.5 Å². The molecule has 2 aliphatic heterocycles. The Labute approximate surface area is 83.7 Å². The predicted octanol–water partition coefficient (Wildman–Crippen LogP) is 0.440. The minimum Gasteiger partial charge on any atom is -0.370 e. The van der Waals surface area contributed by atoms with Crippen LogP contribution in [0.25, 0.3) is 0 Å². The average Bonchev–Trinajstić information content (AvgIpc) is 2.80. The van der Waals surface area contributed by atoms with Crippen molar-refractivity contribution in [1.29, 1.82) is 0 Å². The molecule has 3 unspecified atom stereocenters. The fourth-order valence-corrected chi connectivity index (χ4v) is 2.66. The van der Waals surface area contributed by atoms with E-state index in [1.165, 1.54) is 13.0 Å². The van der Waals surface area contributed by atoms with Gasteiger partial charge in [-0.1, -0.05) is 0 Å². The van der Waals surface area contributed by atoms with Gasteiger partial charge in [-0.3, -0.25) is 4.68 Å². The lowest BCUT2D eigenvalue weighted by atomic mass is 9.74. The largest absolute Gasteiger partial charge is 0.370 e. The van der Waals surface area contributed by atoms with Crippen LogP contribution in [0, 0.1) is 11.8 Å². The van der Waals surface area contributed by atoms with Crippen molar-refractivity contribution in [3.05, 3.63) is 12.3 Å². The molecule has 4 nitrogen and oxygen atoms in total. The monoisotopic (exact) mass is 192 g/mol. The Morgan fingerprint density at radius 1 is 1.71 bits per heavy atom. The highest BCUT2D eigenvalue weighted by atomic mass is 15.3. The van der Waals surface area contributed by atoms with E-state index in [9.17, 15) is 0 Å². The molecule has 76 valence electrons. The maximum Gasteiger partial charge on any atom is 0.123 e. The van der Waals surface area contributed by atoms with E-state index in [-0.39, 0.29) is 0 Å². The van der Waals surface area contributed by atoms with Crippen molar-refractivity contribution in [3.8, 4) is 0 Å². The average molecular weight is 192 g/mol. The Morgan fingerprint density at radius 2 is 2.64 bits per heavy atom. The summed E-state index contributed by atoms with van der Waals surface area (Å²) < 4.78 is 1.88. The first-order chi connectivity index (χ1) is 6.84. The predicted molar refractivity (Wildman–Crippen MR) is 55.1 cm³/mol. The van der Waals surface area contributed by atoms with Crippen LogP contribution < -0.4 is 10.6 Å². The maximum atomic E-state index is 4.13. The maximum absolute atomic E-state index is 4.13. The molecule has 2 bridgehead atoms. The molecule has 3 atom stereocenters. The van der Waals surface area contributed by atoms with Gasteiger partial charge in [-0.2, -0.15) is 5.10 Å². The summed E-state index contributed by atoms with van der Waals surface area (Å²) in [4.78, 5) is 0. The quantitative estimate of drug-likeness (QED) is 0.730. The molecule has 0 amide bonds. The summed E-state index contributed by atoms with van der Waals surface area (Å²) in [5.41, 5.74) is 0. The minimum absolute atomic E-state index is 0.778. The summed E-state index contributed by atoms with van der Waals surface area (Å²) >= 11 is 0. The highest BCUT2D eigenvalue weighted by Crippen LogP contribution is 2.39. The van der Waals surface area contributed by atoms with Gasteiger partial charge in [0.05, 0.1) is 6.20 Å². The fourth-order valence-electron chi connectivity index (χ4n) is 2.66. The van der Waals surface area contributed by atoms with Crippen LogP contribution in [-0.2, 0) is 7.05 Å². The van der Waals surface area contributed by atoms with Crippen LogP contribution >= 0.6 is 0 Å². The Balaban J connectivity index is 1.58. The third-order valence-electron chi connectivity index (χ3n) is 3.66. The van der Waals surface area contributed by atoms with E-state index in [4.69, 9.17) is 0 Å². The third kappa shape index (κ3) is 1.14. The summed E-state index contributed by atoms with van der Waals surface area (Å²) in [6, 6.07) is 2.80. The van der Waals surface area contributed by atoms with Gasteiger partial charge in [0.2, 0.25) is 0 Å². The second-order valence-electron chi connectivity index (χ2n) is 4.40. The molecule has 3 aliphatic rings. The zero-order valence-corrected chi connectivity index (χ0v) is 8.40. The summed E-state index contributed by atoms with van der Waals surface area (Å²) in [5, 5.41) is 11.1. The molecule has 2 saturated heterocycles. The number of hydrogen-bond acceptors (Lipinski definition) is 3. The fraction of sp³-hybridized carbons (Fsp3) is 0.700. The van der Waals surface area contributed by atoms with Gasteiger partial charge in [0, 0.05) is 25.7 Å². The molecule has 0 radical (unpaired) electrons. The number of anilines is 1. The molecule has 0 aromatic carbocycles. The first-order valence-corrected chi connectivity index (χ1v) is 5.30. The number of nitrogens with zero attached hydrogens (tertiary/aromatic N) is 2. The lowest BCUT2D eigenvalue weighted by Gasteiger charge is -2.34. The molecule has 3 heterocycles. The van der Waals surface area contributed by atoms with Crippen LogP contribution in [0.2, 0.25) is 0 Å². The highest BCUT2D eigenvalue weighted by Gasteiger charge is 2.46. The summed E-state index contributed by atoms with van der Waals surface area (Å²) in [7, 11) is 1.97. The van der Waals surface area contributed by atoms with E-state index < -0.39 is 0 Å². The lowest BCUT2D eigenvalue weighted by Crippen LogP contribution is -2.41. The topological polar surface area (TPSA) is 41.9 Å². The van der Waals surface area contributed by atoms with Crippen LogP contribution in [0.5, 0.6) is 0 Å². The minimum atomic E-state index is 0.778. The molecule has 0 spiro atoms. The molecule has 2 N–H and O–H groups in total. The number of nitrogens with one attached hydrogen (secondary N) is 2. The summed E-state index contributed by atoms with van der Waals surface area (Å²) in [5.74, 6) is 2.88. The first kappa shape index (κ1) is 8.29. The van der Waals surface area contributed by atoms with Gasteiger partial charge in [0.15, 0.2) is 0 Å². The Hall–Kier alpha value is -1.03. The second kappa shape index (κ2) is 2.98. The van der Waals surface area contributed by atoms with E-state index in [0.717, 1.165) is 30.2 Å². The molecule has 1 aromatic heterocycles. The van der Waals surface area contributed by atoms with Gasteiger partial charge in [-0.05, 0) is 24.8 Å². The van der Waals surface area contributed by atoms with E-state index in [0.29, 0.717) is 0 Å². The van der Waals surface area contributed by atoms with Gasteiger partial charge in [-0.25, -0.2) is 0 Å². The highest BCUT2D eigenvalue weighted by molar-refractivity contribution is 5.33. The SMILES string of the molecule is Cn1nccc1NCC1C2CNC1C2. The molecule has 4 rings (SSSR count). The van der Waals surface area contributed by atoms with E-state index in [1.807, 2.05) is 24.0 Å². The van der Waals surface area contributed by atoms with Crippen LogP contribution in [-0.4, -0.2) is 28.9 Å². The van der Waals surface area contributed by atoms with Crippen molar-refractivity contribution in [2.75, 3.05) is 18.4 Å². The van der Waals surface area contributed by atoms with Crippen molar-refractivity contribution in [3.63, 3.8) is 0 Å². The van der Waals surface area contributed by atoms with Crippen LogP contribution in [0.3, 0.4) is 0 Å². The van der Waals surface area contributed by atoms with Crippen LogP contribution in [0.1, 0.15) is 6.42 Å². The molecule has 14 heavy (non-hydrogen) atoms. The zero-order chi connectivity index (χ0) is 9.54. The third-order valence-corrected chi connectivity index (χ3v) is 3.66. The lowest BCUT2D eigenvalue weighted by molar-refractivity contribution is 0.230. The molecule has 1 aliphatic carbocycles. The molecule has 4 heteroatoms. The summed E-state index contributed by atoms with van der Waals surface area (Å²) in [6.45, 7) is 2.31. The number of rotatable bonds is 3. The van der Waals surface area contributed by atoms with E-state index >= 15 is 0 Å². The Kier molecular flexibility index (Phi) is 1.77. The second-order valence-corrected chi connectivity index (χ2v) is 4.40.